The van der Waals surface area contributed by atoms with Crippen LogP contribution in [0.25, 0.3) is 10.8 Å². The summed E-state index contributed by atoms with van der Waals surface area (Å²) in [5, 5.41) is 14.9. The van der Waals surface area contributed by atoms with Crippen molar-refractivity contribution < 1.29 is 19.0 Å². The molecule has 1 N–H and O–H groups in total. The van der Waals surface area contributed by atoms with E-state index < -0.39 is 0 Å². The minimum atomic E-state index is -0.108. The van der Waals surface area contributed by atoms with Crippen molar-refractivity contribution in [3.63, 3.8) is 0 Å². The first-order valence-electron chi connectivity index (χ1n) is 11.1. The van der Waals surface area contributed by atoms with Crippen LogP contribution in [0.1, 0.15) is 25.3 Å². The van der Waals surface area contributed by atoms with Crippen molar-refractivity contribution in [3.8, 4) is 11.5 Å². The standard InChI is InChI=1S/C24H25ClN4O4/c1-2-31-24(30)16-7-9-29(10-8-16)23-18-5-4-17(25)12-19(18)22(27-28-23)26-13-15-3-6-20-21(11-15)33-14-32-20/h3-6,11-12,16H,2,7-10,13-14H2,1H3,(H,26,27). The van der Waals surface area contributed by atoms with E-state index in [4.69, 9.17) is 25.8 Å². The number of nitrogens with one attached hydrogen (secondary N) is 1. The summed E-state index contributed by atoms with van der Waals surface area (Å²) in [6.07, 6.45) is 1.47. The molecule has 2 aliphatic rings. The van der Waals surface area contributed by atoms with Crippen molar-refractivity contribution in [2.24, 2.45) is 5.92 Å². The van der Waals surface area contributed by atoms with Gasteiger partial charge in [0, 0.05) is 35.4 Å². The van der Waals surface area contributed by atoms with Crippen molar-refractivity contribution in [2.75, 3.05) is 36.7 Å². The smallest absolute Gasteiger partial charge is 0.309 e. The molecule has 9 heteroatoms. The average molecular weight is 469 g/mol. The SMILES string of the molecule is CCOC(=O)C1CCN(c2nnc(NCc3ccc4c(c3)OCO4)c3cc(Cl)ccc23)CC1. The zero-order valence-electron chi connectivity index (χ0n) is 18.3. The highest BCUT2D eigenvalue weighted by Gasteiger charge is 2.28. The number of esters is 1. The van der Waals surface area contributed by atoms with Gasteiger partial charge in [0.15, 0.2) is 23.1 Å². The van der Waals surface area contributed by atoms with Crippen molar-refractivity contribution in [1.82, 2.24) is 10.2 Å². The van der Waals surface area contributed by atoms with Gasteiger partial charge in [0.05, 0.1) is 12.5 Å². The lowest BCUT2D eigenvalue weighted by Crippen LogP contribution is -2.37. The van der Waals surface area contributed by atoms with Crippen LogP contribution in [0.2, 0.25) is 5.02 Å². The molecule has 5 rings (SSSR count). The summed E-state index contributed by atoms with van der Waals surface area (Å²) >= 11 is 6.32. The molecule has 0 unspecified atom stereocenters. The highest BCUT2D eigenvalue weighted by molar-refractivity contribution is 6.31. The van der Waals surface area contributed by atoms with Crippen molar-refractivity contribution in [2.45, 2.75) is 26.3 Å². The summed E-state index contributed by atoms with van der Waals surface area (Å²) < 4.78 is 16.0. The van der Waals surface area contributed by atoms with E-state index in [2.05, 4.69) is 20.4 Å². The number of fused-ring (bicyclic) bond motifs is 2. The zero-order valence-corrected chi connectivity index (χ0v) is 19.1. The highest BCUT2D eigenvalue weighted by atomic mass is 35.5. The summed E-state index contributed by atoms with van der Waals surface area (Å²) in [5.41, 5.74) is 1.04. The fraction of sp³-hybridized carbons (Fsp3) is 0.375. The quantitative estimate of drug-likeness (QED) is 0.532. The van der Waals surface area contributed by atoms with Crippen LogP contribution in [0.15, 0.2) is 36.4 Å². The molecule has 8 nitrogen and oxygen atoms in total. The van der Waals surface area contributed by atoms with E-state index in [1.54, 1.807) is 0 Å². The molecule has 0 aliphatic carbocycles. The maximum Gasteiger partial charge on any atom is 0.309 e. The lowest BCUT2D eigenvalue weighted by molar-refractivity contribution is -0.148. The zero-order chi connectivity index (χ0) is 22.8. The molecule has 0 saturated carbocycles. The van der Waals surface area contributed by atoms with Crippen LogP contribution in [0.3, 0.4) is 0 Å². The Morgan fingerprint density at radius 1 is 1.12 bits per heavy atom. The number of piperidine rings is 1. The van der Waals surface area contributed by atoms with Crippen molar-refractivity contribution in [1.29, 1.82) is 0 Å². The molecule has 0 atom stereocenters. The van der Waals surface area contributed by atoms with Gasteiger partial charge in [0.25, 0.3) is 0 Å². The van der Waals surface area contributed by atoms with E-state index in [0.29, 0.717) is 24.0 Å². The van der Waals surface area contributed by atoms with Crippen LogP contribution in [0.4, 0.5) is 11.6 Å². The summed E-state index contributed by atoms with van der Waals surface area (Å²) in [6.45, 7) is 4.49. The predicted molar refractivity (Wildman–Crippen MR) is 126 cm³/mol. The highest BCUT2D eigenvalue weighted by Crippen LogP contribution is 2.35. The molecule has 3 aromatic rings. The number of aromatic nitrogens is 2. The van der Waals surface area contributed by atoms with Gasteiger partial charge in [-0.3, -0.25) is 4.79 Å². The second-order valence-electron chi connectivity index (χ2n) is 8.12. The Bertz CT molecular complexity index is 1180. The number of hydrogen-bond donors (Lipinski definition) is 1. The Morgan fingerprint density at radius 2 is 1.94 bits per heavy atom. The molecular weight excluding hydrogens is 444 g/mol. The molecule has 2 aliphatic heterocycles. The number of hydrogen-bond acceptors (Lipinski definition) is 8. The minimum absolute atomic E-state index is 0.0579. The summed E-state index contributed by atoms with van der Waals surface area (Å²) in [6, 6.07) is 11.6. The molecule has 33 heavy (non-hydrogen) atoms. The molecule has 1 saturated heterocycles. The van der Waals surface area contributed by atoms with Gasteiger partial charge >= 0.3 is 5.97 Å². The largest absolute Gasteiger partial charge is 0.466 e. The Hall–Kier alpha value is -3.26. The molecule has 2 aromatic carbocycles. The molecule has 3 heterocycles. The van der Waals surface area contributed by atoms with Crippen molar-refractivity contribution in [3.05, 3.63) is 47.0 Å². The maximum atomic E-state index is 12.1. The lowest BCUT2D eigenvalue weighted by Gasteiger charge is -2.32. The number of carbonyl (C=O) groups is 1. The van der Waals surface area contributed by atoms with Crippen LogP contribution in [0, 0.1) is 5.92 Å². The summed E-state index contributed by atoms with van der Waals surface area (Å²) in [7, 11) is 0. The fourth-order valence-electron chi connectivity index (χ4n) is 4.30. The van der Waals surface area contributed by atoms with Crippen LogP contribution in [-0.2, 0) is 16.1 Å². The second-order valence-corrected chi connectivity index (χ2v) is 8.55. The van der Waals surface area contributed by atoms with Gasteiger partial charge in [0.2, 0.25) is 6.79 Å². The van der Waals surface area contributed by atoms with Gasteiger partial charge in [-0.05, 0) is 55.7 Å². The molecule has 0 amide bonds. The third kappa shape index (κ3) is 4.48. The lowest BCUT2D eigenvalue weighted by atomic mass is 9.96. The third-order valence-electron chi connectivity index (χ3n) is 6.03. The first kappa shape index (κ1) is 21.6. The topological polar surface area (TPSA) is 85.8 Å². The number of ether oxygens (including phenoxy) is 3. The predicted octanol–water partition coefficient (Wildman–Crippen LogP) is 4.40. The van der Waals surface area contributed by atoms with E-state index in [1.807, 2.05) is 43.3 Å². The molecular formula is C24H25ClN4O4. The van der Waals surface area contributed by atoms with Gasteiger partial charge in [-0.2, -0.15) is 0 Å². The number of carbonyl (C=O) groups excluding carboxylic acids is 1. The van der Waals surface area contributed by atoms with Crippen LogP contribution >= 0.6 is 11.6 Å². The van der Waals surface area contributed by atoms with Gasteiger partial charge in [-0.15, -0.1) is 10.2 Å². The molecule has 0 bridgehead atoms. The molecule has 1 aromatic heterocycles. The number of nitrogens with zero attached hydrogens (tertiary/aromatic N) is 3. The molecule has 1 fully saturated rings. The van der Waals surface area contributed by atoms with Gasteiger partial charge in [-0.25, -0.2) is 0 Å². The number of benzene rings is 2. The average Bonchev–Trinajstić information content (AvgIpc) is 3.31. The Balaban J connectivity index is 1.36. The van der Waals surface area contributed by atoms with Crippen LogP contribution < -0.4 is 19.7 Å². The first-order valence-corrected chi connectivity index (χ1v) is 11.5. The minimum Gasteiger partial charge on any atom is -0.466 e. The van der Waals surface area contributed by atoms with E-state index in [1.165, 1.54) is 0 Å². The fourth-order valence-corrected chi connectivity index (χ4v) is 4.47. The number of halogens is 1. The van der Waals surface area contributed by atoms with E-state index in [9.17, 15) is 4.79 Å². The molecule has 0 spiro atoms. The van der Waals surface area contributed by atoms with Gasteiger partial charge < -0.3 is 24.4 Å². The summed E-state index contributed by atoms with van der Waals surface area (Å²) in [5.74, 6) is 2.80. The maximum absolute atomic E-state index is 12.1. The second kappa shape index (κ2) is 9.31. The Morgan fingerprint density at radius 3 is 2.76 bits per heavy atom. The van der Waals surface area contributed by atoms with E-state index in [0.717, 1.165) is 59.6 Å². The Labute approximate surface area is 196 Å². The van der Waals surface area contributed by atoms with E-state index >= 15 is 0 Å². The van der Waals surface area contributed by atoms with Crippen LogP contribution in [-0.4, -0.2) is 42.7 Å². The Kier molecular flexibility index (Phi) is 6.09. The normalized spacial score (nSPS) is 15.6. The summed E-state index contributed by atoms with van der Waals surface area (Å²) in [4.78, 5) is 14.3. The van der Waals surface area contributed by atoms with E-state index in [-0.39, 0.29) is 18.7 Å². The molecule has 0 radical (unpaired) electrons. The third-order valence-corrected chi connectivity index (χ3v) is 6.27. The number of rotatable bonds is 6. The monoisotopic (exact) mass is 468 g/mol. The van der Waals surface area contributed by atoms with Gasteiger partial charge in [-0.1, -0.05) is 17.7 Å². The number of anilines is 2. The van der Waals surface area contributed by atoms with Crippen molar-refractivity contribution >= 4 is 40.0 Å². The first-order chi connectivity index (χ1) is 16.1. The molecule has 172 valence electrons. The van der Waals surface area contributed by atoms with Gasteiger partial charge in [0.1, 0.15) is 0 Å². The van der Waals surface area contributed by atoms with Crippen LogP contribution in [0.5, 0.6) is 11.5 Å².